The van der Waals surface area contributed by atoms with Crippen molar-refractivity contribution in [2.24, 2.45) is 0 Å². The molecule has 1 fully saturated rings. The molecular formula is C15H27NO3. The van der Waals surface area contributed by atoms with Crippen molar-refractivity contribution >= 4 is 0 Å². The second-order valence-electron chi connectivity index (χ2n) is 4.97. The molecule has 0 amide bonds. The number of rotatable bonds is 11. The van der Waals surface area contributed by atoms with Crippen molar-refractivity contribution in [1.29, 1.82) is 5.26 Å². The van der Waals surface area contributed by atoms with Crippen molar-refractivity contribution in [2.75, 3.05) is 33.0 Å². The predicted molar refractivity (Wildman–Crippen MR) is 73.9 cm³/mol. The minimum absolute atomic E-state index is 0.433. The maximum Gasteiger partial charge on any atom is 0.0645 e. The van der Waals surface area contributed by atoms with E-state index < -0.39 is 0 Å². The average Bonchev–Trinajstić information content (AvgIpc) is 2.46. The molecule has 0 saturated carbocycles. The molecule has 0 aromatic rings. The molecule has 0 spiro atoms. The molecule has 4 nitrogen and oxygen atoms in total. The molecule has 1 atom stereocenters. The van der Waals surface area contributed by atoms with Crippen LogP contribution in [0.4, 0.5) is 0 Å². The Labute approximate surface area is 117 Å². The molecule has 0 aliphatic carbocycles. The normalized spacial score (nSPS) is 19.2. The zero-order valence-corrected chi connectivity index (χ0v) is 11.9. The third kappa shape index (κ3) is 9.89. The molecule has 0 aromatic heterocycles. The van der Waals surface area contributed by atoms with Crippen LogP contribution in [0.25, 0.3) is 0 Å². The van der Waals surface area contributed by atoms with E-state index in [1.54, 1.807) is 0 Å². The van der Waals surface area contributed by atoms with Gasteiger partial charge in [0.2, 0.25) is 0 Å². The van der Waals surface area contributed by atoms with E-state index >= 15 is 0 Å². The third-order valence-electron chi connectivity index (χ3n) is 3.29. The monoisotopic (exact) mass is 269 g/mol. The molecule has 1 unspecified atom stereocenters. The second kappa shape index (κ2) is 12.4. The van der Waals surface area contributed by atoms with Crippen molar-refractivity contribution in [1.82, 2.24) is 0 Å². The SMILES string of the molecule is N#CCCOCCCCCOCCC1CCCCO1. The first-order chi connectivity index (χ1) is 9.43. The molecular weight excluding hydrogens is 242 g/mol. The van der Waals surface area contributed by atoms with Gasteiger partial charge in [0.05, 0.1) is 25.2 Å². The maximum absolute atomic E-state index is 8.33. The van der Waals surface area contributed by atoms with E-state index in [9.17, 15) is 0 Å². The van der Waals surface area contributed by atoms with Crippen molar-refractivity contribution in [3.8, 4) is 6.07 Å². The van der Waals surface area contributed by atoms with Gasteiger partial charge in [0.25, 0.3) is 0 Å². The summed E-state index contributed by atoms with van der Waals surface area (Å²) in [6, 6.07) is 2.06. The largest absolute Gasteiger partial charge is 0.381 e. The molecule has 0 radical (unpaired) electrons. The number of hydrogen-bond acceptors (Lipinski definition) is 4. The van der Waals surface area contributed by atoms with Crippen molar-refractivity contribution in [2.45, 2.75) is 57.5 Å². The lowest BCUT2D eigenvalue weighted by atomic mass is 10.1. The highest BCUT2D eigenvalue weighted by Crippen LogP contribution is 2.15. The van der Waals surface area contributed by atoms with Gasteiger partial charge in [-0.15, -0.1) is 0 Å². The van der Waals surface area contributed by atoms with E-state index in [4.69, 9.17) is 19.5 Å². The van der Waals surface area contributed by atoms with Gasteiger partial charge in [0, 0.05) is 26.4 Å². The van der Waals surface area contributed by atoms with Crippen LogP contribution in [0.2, 0.25) is 0 Å². The number of hydrogen-bond donors (Lipinski definition) is 0. The molecule has 19 heavy (non-hydrogen) atoms. The van der Waals surface area contributed by atoms with Gasteiger partial charge in [-0.2, -0.15) is 5.26 Å². The summed E-state index contributed by atoms with van der Waals surface area (Å²) in [7, 11) is 0. The van der Waals surface area contributed by atoms with Crippen LogP contribution in [-0.4, -0.2) is 39.1 Å². The lowest BCUT2D eigenvalue weighted by Gasteiger charge is -2.22. The maximum atomic E-state index is 8.33. The summed E-state index contributed by atoms with van der Waals surface area (Å²) in [5.74, 6) is 0. The molecule has 0 N–H and O–H groups in total. The summed E-state index contributed by atoms with van der Waals surface area (Å²) >= 11 is 0. The Morgan fingerprint density at radius 3 is 2.47 bits per heavy atom. The van der Waals surface area contributed by atoms with Crippen LogP contribution in [0.15, 0.2) is 0 Å². The van der Waals surface area contributed by atoms with Crippen LogP contribution in [0.3, 0.4) is 0 Å². The Kier molecular flexibility index (Phi) is 10.7. The number of nitrogens with zero attached hydrogens (tertiary/aromatic N) is 1. The van der Waals surface area contributed by atoms with Gasteiger partial charge in [-0.3, -0.25) is 0 Å². The summed E-state index contributed by atoms with van der Waals surface area (Å²) in [6.45, 7) is 3.91. The average molecular weight is 269 g/mol. The van der Waals surface area contributed by atoms with E-state index in [0.717, 1.165) is 52.1 Å². The zero-order valence-electron chi connectivity index (χ0n) is 11.9. The van der Waals surface area contributed by atoms with E-state index in [1.807, 2.05) is 0 Å². The van der Waals surface area contributed by atoms with Crippen molar-refractivity contribution < 1.29 is 14.2 Å². The Balaban J connectivity index is 1.72. The Morgan fingerprint density at radius 2 is 1.79 bits per heavy atom. The second-order valence-corrected chi connectivity index (χ2v) is 4.97. The Bertz CT molecular complexity index is 234. The summed E-state index contributed by atoms with van der Waals surface area (Å²) in [6.07, 6.45) is 8.96. The van der Waals surface area contributed by atoms with Crippen LogP contribution < -0.4 is 0 Å². The first-order valence-corrected chi connectivity index (χ1v) is 7.57. The number of nitriles is 1. The highest BCUT2D eigenvalue weighted by atomic mass is 16.5. The molecule has 4 heteroatoms. The molecule has 1 saturated heterocycles. The molecule has 1 aliphatic rings. The molecule has 1 rings (SSSR count). The van der Waals surface area contributed by atoms with E-state index in [2.05, 4.69) is 6.07 Å². The lowest BCUT2D eigenvalue weighted by Crippen LogP contribution is -2.20. The number of ether oxygens (including phenoxy) is 3. The van der Waals surface area contributed by atoms with Gasteiger partial charge >= 0.3 is 0 Å². The van der Waals surface area contributed by atoms with Crippen molar-refractivity contribution in [3.05, 3.63) is 0 Å². The molecule has 0 aromatic carbocycles. The standard InChI is InChI=1S/C15H27NO3/c16-9-6-12-17-10-3-1-4-11-18-14-8-15-7-2-5-13-19-15/h15H,1-8,10-14H2. The van der Waals surface area contributed by atoms with Gasteiger partial charge in [0.1, 0.15) is 0 Å². The number of unbranched alkanes of at least 4 members (excludes halogenated alkanes) is 2. The lowest BCUT2D eigenvalue weighted by molar-refractivity contribution is -0.00792. The Hall–Kier alpha value is -0.630. The summed E-state index contributed by atoms with van der Waals surface area (Å²) in [5.41, 5.74) is 0. The quantitative estimate of drug-likeness (QED) is 0.541. The van der Waals surface area contributed by atoms with Gasteiger partial charge in [0.15, 0.2) is 0 Å². The first-order valence-electron chi connectivity index (χ1n) is 7.57. The fraction of sp³-hybridized carbons (Fsp3) is 0.933. The molecule has 110 valence electrons. The minimum Gasteiger partial charge on any atom is -0.381 e. The fourth-order valence-electron chi connectivity index (χ4n) is 2.16. The Morgan fingerprint density at radius 1 is 1.00 bits per heavy atom. The first kappa shape index (κ1) is 16.4. The molecule has 0 bridgehead atoms. The van der Waals surface area contributed by atoms with E-state index in [1.165, 1.54) is 19.3 Å². The fourth-order valence-corrected chi connectivity index (χ4v) is 2.16. The summed E-state index contributed by atoms with van der Waals surface area (Å²) in [5, 5.41) is 8.33. The van der Waals surface area contributed by atoms with Gasteiger partial charge in [-0.25, -0.2) is 0 Å². The third-order valence-corrected chi connectivity index (χ3v) is 3.29. The van der Waals surface area contributed by atoms with Crippen molar-refractivity contribution in [3.63, 3.8) is 0 Å². The predicted octanol–water partition coefficient (Wildman–Crippen LogP) is 3.06. The highest BCUT2D eigenvalue weighted by Gasteiger charge is 2.12. The minimum atomic E-state index is 0.433. The van der Waals surface area contributed by atoms with Crippen LogP contribution >= 0.6 is 0 Å². The van der Waals surface area contributed by atoms with Crippen LogP contribution in [0.1, 0.15) is 51.4 Å². The highest BCUT2D eigenvalue weighted by molar-refractivity contribution is 4.67. The van der Waals surface area contributed by atoms with Crippen LogP contribution in [-0.2, 0) is 14.2 Å². The van der Waals surface area contributed by atoms with Gasteiger partial charge < -0.3 is 14.2 Å². The molecule has 1 heterocycles. The van der Waals surface area contributed by atoms with Crippen LogP contribution in [0, 0.1) is 11.3 Å². The summed E-state index contributed by atoms with van der Waals surface area (Å²) in [4.78, 5) is 0. The zero-order chi connectivity index (χ0) is 13.6. The van der Waals surface area contributed by atoms with Gasteiger partial charge in [-0.05, 0) is 44.9 Å². The summed E-state index contributed by atoms with van der Waals surface area (Å²) < 4.78 is 16.6. The van der Waals surface area contributed by atoms with Crippen LogP contribution in [0.5, 0.6) is 0 Å². The van der Waals surface area contributed by atoms with E-state index in [0.29, 0.717) is 19.1 Å². The van der Waals surface area contributed by atoms with Gasteiger partial charge in [-0.1, -0.05) is 0 Å². The smallest absolute Gasteiger partial charge is 0.0645 e. The van der Waals surface area contributed by atoms with E-state index in [-0.39, 0.29) is 0 Å². The topological polar surface area (TPSA) is 51.5 Å². The molecule has 1 aliphatic heterocycles.